The molecule has 33 heavy (non-hydrogen) atoms. The van der Waals surface area contributed by atoms with Gasteiger partial charge < -0.3 is 4.90 Å². The molecule has 0 aliphatic heterocycles. The second kappa shape index (κ2) is 8.63. The Morgan fingerprint density at radius 3 is 2.58 bits per heavy atom. The Hall–Kier alpha value is -3.78. The molecule has 0 saturated heterocycles. The van der Waals surface area contributed by atoms with Gasteiger partial charge in [-0.05, 0) is 48.7 Å². The summed E-state index contributed by atoms with van der Waals surface area (Å²) in [5.74, 6) is -0.212. The summed E-state index contributed by atoms with van der Waals surface area (Å²) in [7, 11) is -3.98. The molecule has 168 valence electrons. The largest absolute Gasteiger partial charge is 0.331 e. The highest BCUT2D eigenvalue weighted by atomic mass is 32.2. The van der Waals surface area contributed by atoms with Crippen LogP contribution in [0.2, 0.25) is 0 Å². The topological polar surface area (TPSA) is 92.3 Å². The number of nitrogens with one attached hydrogen (secondary N) is 1. The molecule has 1 fully saturated rings. The third-order valence-corrected chi connectivity index (χ3v) is 7.01. The molecule has 1 saturated carbocycles. The van der Waals surface area contributed by atoms with Gasteiger partial charge in [-0.25, -0.2) is 8.42 Å². The predicted molar refractivity (Wildman–Crippen MR) is 128 cm³/mol. The molecule has 2 aromatic carbocycles. The lowest BCUT2D eigenvalue weighted by atomic mass is 10.1. The number of hydrogen-bond acceptors (Lipinski definition) is 5. The number of aromatic nitrogens is 2. The summed E-state index contributed by atoms with van der Waals surface area (Å²) in [4.78, 5) is 23.8. The zero-order chi connectivity index (χ0) is 22.8. The van der Waals surface area contributed by atoms with E-state index in [-0.39, 0.29) is 24.0 Å². The Morgan fingerprint density at radius 2 is 1.79 bits per heavy atom. The highest BCUT2D eigenvalue weighted by Crippen LogP contribution is 2.32. The van der Waals surface area contributed by atoms with Gasteiger partial charge in [-0.1, -0.05) is 36.4 Å². The number of para-hydroxylation sites is 2. The number of pyridine rings is 2. The van der Waals surface area contributed by atoms with Gasteiger partial charge in [0.25, 0.3) is 15.9 Å². The van der Waals surface area contributed by atoms with E-state index in [0.29, 0.717) is 17.6 Å². The van der Waals surface area contributed by atoms with Crippen molar-refractivity contribution in [2.24, 2.45) is 0 Å². The van der Waals surface area contributed by atoms with Crippen LogP contribution in [0.5, 0.6) is 0 Å². The zero-order valence-corrected chi connectivity index (χ0v) is 18.6. The molecule has 5 rings (SSSR count). The van der Waals surface area contributed by atoms with Gasteiger partial charge in [0.15, 0.2) is 0 Å². The number of carbonyl (C=O) groups is 1. The van der Waals surface area contributed by atoms with Crippen LogP contribution in [-0.4, -0.2) is 35.2 Å². The first-order chi connectivity index (χ1) is 16.0. The molecule has 2 aromatic heterocycles. The van der Waals surface area contributed by atoms with Gasteiger partial charge in [0.05, 0.1) is 16.8 Å². The normalized spacial score (nSPS) is 13.6. The molecular weight excluding hydrogens is 436 g/mol. The van der Waals surface area contributed by atoms with Crippen molar-refractivity contribution in [1.29, 1.82) is 0 Å². The summed E-state index contributed by atoms with van der Waals surface area (Å²) in [5, 5.41) is 0.723. The Morgan fingerprint density at radius 1 is 1.00 bits per heavy atom. The van der Waals surface area contributed by atoms with Gasteiger partial charge in [0.1, 0.15) is 4.90 Å². The summed E-state index contributed by atoms with van der Waals surface area (Å²) < 4.78 is 29.3. The number of anilines is 1. The van der Waals surface area contributed by atoms with Crippen LogP contribution >= 0.6 is 0 Å². The van der Waals surface area contributed by atoms with Crippen LogP contribution < -0.4 is 4.72 Å². The van der Waals surface area contributed by atoms with Crippen molar-refractivity contribution in [1.82, 2.24) is 14.9 Å². The first-order valence-corrected chi connectivity index (χ1v) is 12.2. The molecule has 2 heterocycles. The van der Waals surface area contributed by atoms with Crippen molar-refractivity contribution in [3.63, 3.8) is 0 Å². The minimum Gasteiger partial charge on any atom is -0.331 e. The molecule has 0 bridgehead atoms. The monoisotopic (exact) mass is 460 g/mol. The van der Waals surface area contributed by atoms with E-state index < -0.39 is 10.0 Å². The fourth-order valence-corrected chi connectivity index (χ4v) is 5.11. The van der Waals surface area contributed by atoms with Crippen molar-refractivity contribution in [3.05, 3.63) is 96.4 Å². The molecule has 0 unspecified atom stereocenters. The lowest BCUT2D eigenvalue weighted by molar-refractivity contribution is 0.0731. The molecule has 1 aliphatic rings. The average molecular weight is 461 g/mol. The number of amides is 1. The van der Waals surface area contributed by atoms with E-state index in [9.17, 15) is 13.2 Å². The van der Waals surface area contributed by atoms with Crippen molar-refractivity contribution < 1.29 is 14.6 Å². The quantitative estimate of drug-likeness (QED) is 0.439. The van der Waals surface area contributed by atoms with Gasteiger partial charge in [-0.3, -0.25) is 19.5 Å². The van der Waals surface area contributed by atoms with E-state index in [0.717, 1.165) is 23.8 Å². The standard InChI is InChI=1S/C25H22N4O3S.H2/c30-25(29(20-12-13-20)17-18-6-4-14-26-16-18)21-9-1-2-10-22(21)28-33(31,32)23-11-3-7-19-8-5-15-27-24(19)23;/h1-11,14-16,20,28H,12-13,17H2;1H. The summed E-state index contributed by atoms with van der Waals surface area (Å²) in [5.41, 5.74) is 1.86. The number of carbonyl (C=O) groups excluding carboxylic acids is 1. The SMILES string of the molecule is O=C(c1ccccc1NS(=O)(=O)c1cccc2cccnc12)N(Cc1cccnc1)C1CC1.[HH]. The Bertz CT molecular complexity index is 1420. The third kappa shape index (κ3) is 4.42. The van der Waals surface area contributed by atoms with Crippen molar-refractivity contribution in [3.8, 4) is 0 Å². The molecule has 1 N–H and O–H groups in total. The van der Waals surface area contributed by atoms with E-state index in [1.165, 1.54) is 6.07 Å². The second-order valence-electron chi connectivity index (χ2n) is 8.01. The average Bonchev–Trinajstić information content (AvgIpc) is 3.68. The summed E-state index contributed by atoms with van der Waals surface area (Å²) >= 11 is 0. The predicted octanol–water partition coefficient (Wildman–Crippen LogP) is 4.48. The highest BCUT2D eigenvalue weighted by Gasteiger charge is 2.34. The van der Waals surface area contributed by atoms with Gasteiger partial charge in [-0.15, -0.1) is 0 Å². The fourth-order valence-electron chi connectivity index (χ4n) is 3.85. The first-order valence-electron chi connectivity index (χ1n) is 10.7. The number of hydrogen-bond donors (Lipinski definition) is 1. The Balaban J connectivity index is 0.00000274. The van der Waals surface area contributed by atoms with Gasteiger partial charge in [0.2, 0.25) is 0 Å². The molecular formula is C25H24N4O3S. The maximum absolute atomic E-state index is 13.5. The van der Waals surface area contributed by atoms with Crippen LogP contribution in [0, 0.1) is 0 Å². The van der Waals surface area contributed by atoms with Gasteiger partial charge in [0, 0.05) is 38.0 Å². The van der Waals surface area contributed by atoms with Crippen LogP contribution in [-0.2, 0) is 16.6 Å². The number of nitrogens with zero attached hydrogens (tertiary/aromatic N) is 3. The summed E-state index contributed by atoms with van der Waals surface area (Å²) in [6.07, 6.45) is 6.86. The summed E-state index contributed by atoms with van der Waals surface area (Å²) in [6.45, 7) is 0.422. The number of benzene rings is 2. The molecule has 0 spiro atoms. The molecule has 7 nitrogen and oxygen atoms in total. The highest BCUT2D eigenvalue weighted by molar-refractivity contribution is 7.93. The van der Waals surface area contributed by atoms with Crippen molar-refractivity contribution in [2.75, 3.05) is 4.72 Å². The lowest BCUT2D eigenvalue weighted by Crippen LogP contribution is -2.33. The second-order valence-corrected chi connectivity index (χ2v) is 9.66. The lowest BCUT2D eigenvalue weighted by Gasteiger charge is -2.24. The molecule has 0 atom stereocenters. The molecule has 1 aliphatic carbocycles. The third-order valence-electron chi connectivity index (χ3n) is 5.61. The maximum Gasteiger partial charge on any atom is 0.264 e. The summed E-state index contributed by atoms with van der Waals surface area (Å²) in [6, 6.07) is 19.2. The molecule has 0 radical (unpaired) electrons. The van der Waals surface area contributed by atoms with Crippen LogP contribution in [0.4, 0.5) is 5.69 Å². The smallest absolute Gasteiger partial charge is 0.264 e. The van der Waals surface area contributed by atoms with Crippen LogP contribution in [0.15, 0.2) is 90.2 Å². The Kier molecular flexibility index (Phi) is 5.51. The molecule has 4 aromatic rings. The number of fused-ring (bicyclic) bond motifs is 1. The molecule has 1 amide bonds. The van der Waals surface area contributed by atoms with Gasteiger partial charge >= 0.3 is 0 Å². The maximum atomic E-state index is 13.5. The number of rotatable bonds is 7. The minimum absolute atomic E-state index is 0. The zero-order valence-electron chi connectivity index (χ0n) is 17.8. The van der Waals surface area contributed by atoms with E-state index in [4.69, 9.17) is 0 Å². The van der Waals surface area contributed by atoms with Crippen LogP contribution in [0.1, 0.15) is 30.2 Å². The van der Waals surface area contributed by atoms with E-state index in [1.54, 1.807) is 59.9 Å². The van der Waals surface area contributed by atoms with Crippen molar-refractivity contribution >= 4 is 32.5 Å². The first kappa shape index (κ1) is 21.1. The van der Waals surface area contributed by atoms with E-state index >= 15 is 0 Å². The number of sulfonamides is 1. The minimum atomic E-state index is -3.98. The van der Waals surface area contributed by atoms with Crippen LogP contribution in [0.25, 0.3) is 10.9 Å². The van der Waals surface area contributed by atoms with Crippen molar-refractivity contribution in [2.45, 2.75) is 30.3 Å². The van der Waals surface area contributed by atoms with Crippen LogP contribution in [0.3, 0.4) is 0 Å². The van der Waals surface area contributed by atoms with E-state index in [2.05, 4.69) is 14.7 Å². The van der Waals surface area contributed by atoms with E-state index in [1.807, 2.05) is 24.3 Å². The van der Waals surface area contributed by atoms with Gasteiger partial charge in [-0.2, -0.15) is 0 Å². The fraction of sp³-hybridized carbons (Fsp3) is 0.160. The Labute approximate surface area is 193 Å². The molecule has 8 heteroatoms.